The third-order valence-corrected chi connectivity index (χ3v) is 14.7. The molecule has 0 aromatic rings. The molecule has 0 spiro atoms. The van der Waals surface area contributed by atoms with Crippen molar-refractivity contribution < 1.29 is 122 Å². The van der Waals surface area contributed by atoms with E-state index in [1.165, 1.54) is 28.1 Å². The van der Waals surface area contributed by atoms with Crippen LogP contribution in [-0.4, -0.2) is 226 Å². The van der Waals surface area contributed by atoms with Crippen molar-refractivity contribution in [3.63, 3.8) is 0 Å². The molecule has 0 bridgehead atoms. The van der Waals surface area contributed by atoms with Crippen molar-refractivity contribution in [2.24, 2.45) is 23.7 Å². The Labute approximate surface area is 432 Å². The molecule has 0 radical (unpaired) electrons. The summed E-state index contributed by atoms with van der Waals surface area (Å²) in [6.07, 6.45) is -29.3. The molecular weight excluding hydrogens is 989 g/mol. The van der Waals surface area contributed by atoms with E-state index < -0.39 is 185 Å². The van der Waals surface area contributed by atoms with Gasteiger partial charge in [0.1, 0.15) is 48.8 Å². The normalized spacial score (nSPS) is 39.0. The molecule has 4 heterocycles. The molecule has 0 saturated carbocycles. The Balaban J connectivity index is 1.37. The average molecular weight is 1080 g/mol. The van der Waals surface area contributed by atoms with Gasteiger partial charge in [0, 0.05) is 39.9 Å². The smallest absolute Gasteiger partial charge is 0.308 e. The summed E-state index contributed by atoms with van der Waals surface area (Å²) in [4.78, 5) is 39.1. The minimum atomic E-state index is -1.71. The van der Waals surface area contributed by atoms with Gasteiger partial charge in [0.15, 0.2) is 31.1 Å². The van der Waals surface area contributed by atoms with Gasteiger partial charge >= 0.3 is 17.9 Å². The molecule has 0 aliphatic carbocycles. The van der Waals surface area contributed by atoms with Crippen LogP contribution in [0.1, 0.15) is 108 Å². The lowest BCUT2D eigenvalue weighted by atomic mass is 9.84. The average Bonchev–Trinajstić information content (AvgIpc) is 3.64. The minimum absolute atomic E-state index is 0.136. The molecule has 25 nitrogen and oxygen atoms in total. The van der Waals surface area contributed by atoms with Gasteiger partial charge in [0.2, 0.25) is 18.9 Å². The van der Waals surface area contributed by atoms with E-state index in [0.29, 0.717) is 12.8 Å². The van der Waals surface area contributed by atoms with Crippen molar-refractivity contribution in [1.29, 1.82) is 0 Å². The third kappa shape index (κ3) is 16.8. The molecule has 0 aromatic heterocycles. The van der Waals surface area contributed by atoms with Crippen molar-refractivity contribution >= 4 is 17.9 Å². The van der Waals surface area contributed by atoms with Crippen LogP contribution in [0.4, 0.5) is 0 Å². The van der Waals surface area contributed by atoms with Crippen LogP contribution in [-0.2, 0) is 76.0 Å². The molecule has 4 rings (SSSR count). The molecule has 25 heteroatoms. The fourth-order valence-corrected chi connectivity index (χ4v) is 9.41. The largest absolute Gasteiger partial charge is 0.462 e. The minimum Gasteiger partial charge on any atom is -0.462 e. The Kier molecular flexibility index (Phi) is 25.6. The number of aliphatic hydroxyl groups is 9. The van der Waals surface area contributed by atoms with Gasteiger partial charge in [-0.2, -0.15) is 0 Å². The first-order valence-electron chi connectivity index (χ1n) is 25.7. The highest BCUT2D eigenvalue weighted by Gasteiger charge is 2.53. The first-order chi connectivity index (χ1) is 34.8. The van der Waals surface area contributed by atoms with Crippen LogP contribution in [0.15, 0.2) is 0 Å². The number of hydrogen-bond acceptors (Lipinski definition) is 25. The number of rotatable bonds is 27. The first-order valence-corrected chi connectivity index (χ1v) is 25.7. The van der Waals surface area contributed by atoms with Crippen LogP contribution < -0.4 is 0 Å². The monoisotopic (exact) mass is 1070 g/mol. The summed E-state index contributed by atoms with van der Waals surface area (Å²) < 4.78 is 74.9. The SMILES string of the molecule is CC[C@H](C)[C@H](C[C@H](O)CC(=O)O[C@@H]1[C@H](O)[C@@H](O[C@@H]2O[C@@H](C)[C@H](O[C@H](OC)[C@H](O)OC)[C@@H](C)[C@H]2C)[C@H](OC(C)=O)O[C@@H]1C)OC(=O)C[C@@H](O)C[C@H](O[C@@H]1O[C@@H](CO)[C@H](O)[C@H]1O[C@@H]1O[C@@H](C)[C@@H](O)[C@@H](O)[C@H]1O)[C@@H](C)CC. The van der Waals surface area contributed by atoms with E-state index in [9.17, 15) is 60.3 Å². The second kappa shape index (κ2) is 29.6. The number of hydrogen-bond donors (Lipinski definition) is 9. The molecule has 4 saturated heterocycles. The number of methoxy groups -OCH3 is 2. The highest BCUT2D eigenvalue weighted by Crippen LogP contribution is 2.38. The Hall–Kier alpha value is -2.35. The predicted molar refractivity (Wildman–Crippen MR) is 251 cm³/mol. The summed E-state index contributed by atoms with van der Waals surface area (Å²) >= 11 is 0. The lowest BCUT2D eigenvalue weighted by Gasteiger charge is -2.48. The van der Waals surface area contributed by atoms with Gasteiger partial charge < -0.3 is 108 Å². The van der Waals surface area contributed by atoms with Gasteiger partial charge in [-0.25, -0.2) is 0 Å². The lowest BCUT2D eigenvalue weighted by Crippen LogP contribution is -2.62. The lowest BCUT2D eigenvalue weighted by molar-refractivity contribution is -0.358. The fraction of sp³-hybridized carbons (Fsp3) is 0.939. The number of carbonyl (C=O) groups is 3. The van der Waals surface area contributed by atoms with E-state index in [1.807, 2.05) is 34.6 Å². The zero-order valence-electron chi connectivity index (χ0n) is 44.6. The Morgan fingerprint density at radius 3 is 1.68 bits per heavy atom. The van der Waals surface area contributed by atoms with Gasteiger partial charge in [0.05, 0.1) is 62.2 Å². The van der Waals surface area contributed by atoms with Gasteiger partial charge in [-0.3, -0.25) is 14.4 Å². The number of aliphatic hydroxyl groups excluding tert-OH is 9. The topological polar surface area (TPSA) is 353 Å². The summed E-state index contributed by atoms with van der Waals surface area (Å²) in [7, 11) is 2.65. The van der Waals surface area contributed by atoms with Crippen molar-refractivity contribution in [2.45, 2.75) is 249 Å². The Morgan fingerprint density at radius 2 is 1.09 bits per heavy atom. The molecule has 4 fully saturated rings. The van der Waals surface area contributed by atoms with E-state index in [1.54, 1.807) is 13.8 Å². The summed E-state index contributed by atoms with van der Waals surface area (Å²) in [6.45, 7) is 16.2. The molecule has 0 unspecified atom stereocenters. The summed E-state index contributed by atoms with van der Waals surface area (Å²) in [5.41, 5.74) is 0. The summed E-state index contributed by atoms with van der Waals surface area (Å²) in [5.74, 6) is -3.80. The summed E-state index contributed by atoms with van der Waals surface area (Å²) in [6, 6.07) is 0. The van der Waals surface area contributed by atoms with Crippen LogP contribution in [0.3, 0.4) is 0 Å². The molecule has 74 heavy (non-hydrogen) atoms. The predicted octanol–water partition coefficient (Wildman–Crippen LogP) is -0.746. The number of ether oxygens (including phenoxy) is 13. The molecule has 27 atom stereocenters. The summed E-state index contributed by atoms with van der Waals surface area (Å²) in [5, 5.41) is 96.3. The van der Waals surface area contributed by atoms with E-state index in [-0.39, 0.29) is 30.6 Å². The third-order valence-electron chi connectivity index (χ3n) is 14.7. The Morgan fingerprint density at radius 1 is 0.554 bits per heavy atom. The molecule has 9 N–H and O–H groups in total. The highest BCUT2D eigenvalue weighted by atomic mass is 16.8. The van der Waals surface area contributed by atoms with Gasteiger partial charge in [-0.05, 0) is 38.5 Å². The van der Waals surface area contributed by atoms with E-state index in [0.717, 1.165) is 6.92 Å². The molecule has 0 aromatic carbocycles. The van der Waals surface area contributed by atoms with Crippen molar-refractivity contribution in [1.82, 2.24) is 0 Å². The van der Waals surface area contributed by atoms with Crippen LogP contribution in [0.5, 0.6) is 0 Å². The quantitative estimate of drug-likeness (QED) is 0.0278. The van der Waals surface area contributed by atoms with E-state index in [2.05, 4.69) is 0 Å². The zero-order chi connectivity index (χ0) is 55.5. The molecule has 4 aliphatic heterocycles. The second-order valence-corrected chi connectivity index (χ2v) is 20.3. The maximum atomic E-state index is 13.5. The first kappa shape index (κ1) is 64.2. The Bertz CT molecular complexity index is 1700. The van der Waals surface area contributed by atoms with Crippen molar-refractivity contribution in [2.75, 3.05) is 20.8 Å². The van der Waals surface area contributed by atoms with Crippen LogP contribution in [0.25, 0.3) is 0 Å². The van der Waals surface area contributed by atoms with Crippen molar-refractivity contribution in [3.8, 4) is 0 Å². The van der Waals surface area contributed by atoms with Crippen molar-refractivity contribution in [3.05, 3.63) is 0 Å². The van der Waals surface area contributed by atoms with E-state index >= 15 is 0 Å². The number of carbonyl (C=O) groups excluding carboxylic acids is 3. The second-order valence-electron chi connectivity index (χ2n) is 20.3. The molecule has 432 valence electrons. The zero-order valence-corrected chi connectivity index (χ0v) is 44.6. The standard InChI is InChI=1S/C49H86O25/c1-13-20(3)30(68-33(54)17-29(53)16-31(21(4)14-2)69-48-42(36(57)32(19-50)70-48)74-46-38(59)37(58)35(56)24(7)64-46)15-28(52)18-34(55)71-41-26(9)66-47(67-27(10)51)43(39(41)60)73-45-23(6)22(5)40(25(8)65-45)72-49(63-12)44(61)62-11/h20-26,28-32,35-50,52-53,56-61H,13-19H2,1-12H3/t20-,21-,22-,23+,24-,25-,26+,28-,29-,30-,31-,32-,35+,36-,37+,38+,39-,40+,41-,42+,43+,44+,45-,46-,47-,48+,49-/m0/s1. The maximum absolute atomic E-state index is 13.5. The maximum Gasteiger partial charge on any atom is 0.308 e. The van der Waals surface area contributed by atoms with Crippen LogP contribution >= 0.6 is 0 Å². The highest BCUT2D eigenvalue weighted by molar-refractivity contribution is 5.71. The molecule has 4 aliphatic rings. The fourth-order valence-electron chi connectivity index (χ4n) is 9.41. The van der Waals surface area contributed by atoms with Crippen LogP contribution in [0, 0.1) is 23.7 Å². The molecule has 0 amide bonds. The molecular formula is C49H86O25. The van der Waals surface area contributed by atoms with Gasteiger partial charge in [0.25, 0.3) is 0 Å². The van der Waals surface area contributed by atoms with Gasteiger partial charge in [-0.15, -0.1) is 0 Å². The van der Waals surface area contributed by atoms with E-state index in [4.69, 9.17) is 61.6 Å². The van der Waals surface area contributed by atoms with Crippen LogP contribution in [0.2, 0.25) is 0 Å². The van der Waals surface area contributed by atoms with Gasteiger partial charge in [-0.1, -0.05) is 54.4 Å². The number of esters is 3.